The van der Waals surface area contributed by atoms with Gasteiger partial charge in [0.15, 0.2) is 6.20 Å². The SMILES string of the molecule is [2H]C([2H])([2H])c1ccc(-c2cc(C)c(CC3CCCCC3)c[n+]2C)c(C)c1. The molecule has 0 amide bonds. The zero-order valence-electron chi connectivity index (χ0n) is 17.7. The second kappa shape index (κ2) is 6.86. The molecule has 0 unspecified atom stereocenters. The molecule has 1 aromatic carbocycles. The molecule has 3 rings (SSSR count). The minimum Gasteiger partial charge on any atom is -0.201 e. The third kappa shape index (κ3) is 3.65. The van der Waals surface area contributed by atoms with Gasteiger partial charge in [0, 0.05) is 21.3 Å². The lowest BCUT2D eigenvalue weighted by molar-refractivity contribution is -0.660. The fourth-order valence-corrected chi connectivity index (χ4v) is 3.94. The summed E-state index contributed by atoms with van der Waals surface area (Å²) in [6.07, 6.45) is 10.3. The van der Waals surface area contributed by atoms with Crippen LogP contribution < -0.4 is 4.57 Å². The maximum absolute atomic E-state index is 7.60. The largest absolute Gasteiger partial charge is 0.212 e. The maximum atomic E-state index is 7.60. The van der Waals surface area contributed by atoms with Crippen LogP contribution in [0.25, 0.3) is 11.3 Å². The van der Waals surface area contributed by atoms with Gasteiger partial charge in [-0.3, -0.25) is 0 Å². The molecule has 1 heteroatoms. The number of benzene rings is 1. The number of aryl methyl sites for hydroxylation is 4. The van der Waals surface area contributed by atoms with Crippen molar-refractivity contribution in [2.24, 2.45) is 13.0 Å². The molecule has 0 N–H and O–H groups in total. The van der Waals surface area contributed by atoms with Crippen molar-refractivity contribution in [2.75, 3.05) is 0 Å². The number of rotatable bonds is 3. The van der Waals surface area contributed by atoms with Crippen LogP contribution in [0.5, 0.6) is 0 Å². The molecule has 1 fully saturated rings. The summed E-state index contributed by atoms with van der Waals surface area (Å²) < 4.78 is 25.0. The molecule has 0 radical (unpaired) electrons. The zero-order valence-corrected chi connectivity index (χ0v) is 14.7. The van der Waals surface area contributed by atoms with E-state index in [-0.39, 0.29) is 0 Å². The van der Waals surface area contributed by atoms with E-state index in [1.807, 2.05) is 13.0 Å². The summed E-state index contributed by atoms with van der Waals surface area (Å²) in [6.45, 7) is 2.15. The van der Waals surface area contributed by atoms with Crippen LogP contribution in [-0.2, 0) is 13.5 Å². The van der Waals surface area contributed by atoms with Crippen LogP contribution >= 0.6 is 0 Å². The Balaban J connectivity index is 1.90. The van der Waals surface area contributed by atoms with Crippen molar-refractivity contribution >= 4 is 0 Å². The van der Waals surface area contributed by atoms with Crippen molar-refractivity contribution in [3.8, 4) is 11.3 Å². The summed E-state index contributed by atoms with van der Waals surface area (Å²) in [6, 6.07) is 7.75. The standard InChI is InChI=1S/C22H30N/c1-16-10-11-21(18(3)12-16)22-13-17(2)20(15-23(22)4)14-19-8-6-5-7-9-19/h10-13,15,19H,5-9,14H2,1-4H3/q+1/i1D3. The molecule has 1 aliphatic carbocycles. The van der Waals surface area contributed by atoms with E-state index in [9.17, 15) is 0 Å². The molecule has 122 valence electrons. The van der Waals surface area contributed by atoms with Gasteiger partial charge in [0.25, 0.3) is 0 Å². The Morgan fingerprint density at radius 3 is 2.57 bits per heavy atom. The molecule has 0 spiro atoms. The fourth-order valence-electron chi connectivity index (χ4n) is 3.94. The highest BCUT2D eigenvalue weighted by Crippen LogP contribution is 2.29. The number of nitrogens with zero attached hydrogens (tertiary/aromatic N) is 1. The lowest BCUT2D eigenvalue weighted by atomic mass is 9.84. The summed E-state index contributed by atoms with van der Waals surface area (Å²) in [4.78, 5) is 0. The van der Waals surface area contributed by atoms with E-state index in [1.54, 1.807) is 12.1 Å². The molecule has 1 nitrogen and oxygen atoms in total. The van der Waals surface area contributed by atoms with Gasteiger partial charge in [0.1, 0.15) is 7.05 Å². The van der Waals surface area contributed by atoms with Crippen LogP contribution in [-0.4, -0.2) is 0 Å². The van der Waals surface area contributed by atoms with Gasteiger partial charge in [-0.15, -0.1) is 0 Å². The third-order valence-corrected chi connectivity index (χ3v) is 5.32. The lowest BCUT2D eigenvalue weighted by Crippen LogP contribution is -2.32. The molecule has 0 atom stereocenters. The van der Waals surface area contributed by atoms with Crippen molar-refractivity contribution in [1.29, 1.82) is 0 Å². The molecule has 1 saturated carbocycles. The van der Waals surface area contributed by atoms with Gasteiger partial charge >= 0.3 is 0 Å². The Kier molecular flexibility index (Phi) is 3.81. The average Bonchev–Trinajstić information content (AvgIpc) is 2.58. The summed E-state index contributed by atoms with van der Waals surface area (Å²) in [5, 5.41) is 0. The molecule has 1 aromatic heterocycles. The average molecular weight is 312 g/mol. The monoisotopic (exact) mass is 311 g/mol. The van der Waals surface area contributed by atoms with E-state index in [0.29, 0.717) is 5.56 Å². The van der Waals surface area contributed by atoms with Crippen LogP contribution in [0.1, 0.15) is 58.5 Å². The Hall–Kier alpha value is -1.63. The molecule has 0 saturated heterocycles. The predicted octanol–water partition coefficient (Wildman–Crippen LogP) is 5.23. The van der Waals surface area contributed by atoms with Crippen molar-refractivity contribution in [3.63, 3.8) is 0 Å². The van der Waals surface area contributed by atoms with E-state index in [1.165, 1.54) is 49.7 Å². The van der Waals surface area contributed by atoms with Crippen LogP contribution in [0, 0.1) is 26.6 Å². The quantitative estimate of drug-likeness (QED) is 0.684. The number of pyridine rings is 1. The zero-order chi connectivity index (χ0) is 18.9. The van der Waals surface area contributed by atoms with Crippen LogP contribution in [0.3, 0.4) is 0 Å². The first-order chi connectivity index (χ1) is 12.3. The fraction of sp³-hybridized carbons (Fsp3) is 0.500. The molecule has 1 heterocycles. The summed E-state index contributed by atoms with van der Waals surface area (Å²) >= 11 is 0. The highest BCUT2D eigenvalue weighted by molar-refractivity contribution is 5.62. The normalized spacial score (nSPS) is 18.3. The van der Waals surface area contributed by atoms with Gasteiger partial charge in [0.05, 0.1) is 0 Å². The second-order valence-electron chi connectivity index (χ2n) is 7.22. The lowest BCUT2D eigenvalue weighted by Gasteiger charge is -2.21. The highest BCUT2D eigenvalue weighted by Gasteiger charge is 2.19. The molecular formula is C22H30N+. The number of hydrogen-bond acceptors (Lipinski definition) is 0. The molecule has 1 aliphatic rings. The van der Waals surface area contributed by atoms with Gasteiger partial charge in [-0.25, -0.2) is 4.57 Å². The van der Waals surface area contributed by atoms with Crippen molar-refractivity contribution in [3.05, 3.63) is 52.7 Å². The van der Waals surface area contributed by atoms with Crippen molar-refractivity contribution in [2.45, 2.75) is 59.2 Å². The second-order valence-corrected chi connectivity index (χ2v) is 7.22. The maximum Gasteiger partial charge on any atom is 0.212 e. The summed E-state index contributed by atoms with van der Waals surface area (Å²) in [7, 11) is 2.09. The molecule has 0 bridgehead atoms. The van der Waals surface area contributed by atoms with E-state index in [0.717, 1.165) is 22.7 Å². The molecular weight excluding hydrogens is 278 g/mol. The smallest absolute Gasteiger partial charge is 0.201 e. The first-order valence-electron chi connectivity index (χ1n) is 10.4. The van der Waals surface area contributed by atoms with Gasteiger partial charge < -0.3 is 0 Å². The Labute approximate surface area is 145 Å². The van der Waals surface area contributed by atoms with Crippen LogP contribution in [0.2, 0.25) is 0 Å². The molecule has 2 aromatic rings. The Morgan fingerprint density at radius 2 is 1.87 bits per heavy atom. The Morgan fingerprint density at radius 1 is 1.09 bits per heavy atom. The minimum absolute atomic E-state index is 0.409. The van der Waals surface area contributed by atoms with Crippen molar-refractivity contribution in [1.82, 2.24) is 0 Å². The summed E-state index contributed by atoms with van der Waals surface area (Å²) in [5.74, 6) is 0.827. The highest BCUT2D eigenvalue weighted by atomic mass is 14.9. The minimum atomic E-state index is -2.05. The first kappa shape index (κ1) is 12.8. The van der Waals surface area contributed by atoms with E-state index in [4.69, 9.17) is 4.11 Å². The van der Waals surface area contributed by atoms with Gasteiger partial charge in [0.2, 0.25) is 5.69 Å². The van der Waals surface area contributed by atoms with Crippen molar-refractivity contribution < 1.29 is 8.68 Å². The van der Waals surface area contributed by atoms with Gasteiger partial charge in [-0.05, 0) is 50.2 Å². The molecule has 23 heavy (non-hydrogen) atoms. The van der Waals surface area contributed by atoms with E-state index in [2.05, 4.69) is 30.8 Å². The number of aromatic nitrogens is 1. The molecule has 0 aliphatic heterocycles. The first-order valence-corrected chi connectivity index (χ1v) is 8.86. The van der Waals surface area contributed by atoms with E-state index < -0.39 is 6.85 Å². The Bertz CT molecular complexity index is 787. The van der Waals surface area contributed by atoms with Gasteiger partial charge in [-0.2, -0.15) is 0 Å². The predicted molar refractivity (Wildman–Crippen MR) is 97.5 cm³/mol. The third-order valence-electron chi connectivity index (χ3n) is 5.32. The van der Waals surface area contributed by atoms with E-state index >= 15 is 0 Å². The summed E-state index contributed by atoms with van der Waals surface area (Å²) in [5.41, 5.74) is 6.45. The number of hydrogen-bond donors (Lipinski definition) is 0. The van der Waals surface area contributed by atoms with Crippen LogP contribution in [0.15, 0.2) is 30.5 Å². The van der Waals surface area contributed by atoms with Gasteiger partial charge in [-0.1, -0.05) is 49.8 Å². The topological polar surface area (TPSA) is 3.88 Å². The van der Waals surface area contributed by atoms with Crippen LogP contribution in [0.4, 0.5) is 0 Å².